The molecule has 0 aromatic heterocycles. The summed E-state index contributed by atoms with van der Waals surface area (Å²) in [5.74, 6) is -0.287. The summed E-state index contributed by atoms with van der Waals surface area (Å²) in [5, 5.41) is 22.1. The molecular weight excluding hydrogens is 235 g/mol. The van der Waals surface area contributed by atoms with E-state index in [9.17, 15) is 14.6 Å². The molecule has 0 unspecified atom stereocenters. The third kappa shape index (κ3) is 2.91. The predicted octanol–water partition coefficient (Wildman–Crippen LogP) is 1.40. The highest BCUT2D eigenvalue weighted by Crippen LogP contribution is 2.32. The van der Waals surface area contributed by atoms with Gasteiger partial charge in [-0.2, -0.15) is 0 Å². The topological polar surface area (TPSA) is 55.7 Å². The van der Waals surface area contributed by atoms with Crippen molar-refractivity contribution in [1.82, 2.24) is 10.2 Å². The number of hydrogen-bond acceptors (Lipinski definition) is 4. The van der Waals surface area contributed by atoms with Gasteiger partial charge in [0.2, 0.25) is 0 Å². The molecule has 1 aliphatic rings. The first-order valence-corrected chi connectivity index (χ1v) is 6.25. The van der Waals surface area contributed by atoms with Gasteiger partial charge in [-0.05, 0) is 24.1 Å². The summed E-state index contributed by atoms with van der Waals surface area (Å²) >= 11 is 0. The van der Waals surface area contributed by atoms with Gasteiger partial charge >= 0.3 is 0 Å². The van der Waals surface area contributed by atoms with Gasteiger partial charge in [0.25, 0.3) is 0 Å². The molecule has 1 aliphatic heterocycles. The molecule has 1 aromatic carbocycles. The average Bonchev–Trinajstić information content (AvgIpc) is 2.40. The van der Waals surface area contributed by atoms with Crippen LogP contribution in [-0.4, -0.2) is 48.0 Å². The van der Waals surface area contributed by atoms with Crippen LogP contribution in [0.3, 0.4) is 0 Å². The van der Waals surface area contributed by atoms with E-state index in [0.29, 0.717) is 6.42 Å². The molecule has 3 N–H and O–H groups in total. The largest absolute Gasteiger partial charge is 0.504 e. The molecule has 1 atom stereocenters. The van der Waals surface area contributed by atoms with Crippen molar-refractivity contribution >= 4 is 0 Å². The highest BCUT2D eigenvalue weighted by molar-refractivity contribution is 5.41. The molecule has 4 nitrogen and oxygen atoms in total. The highest BCUT2D eigenvalue weighted by atomic mass is 19.1. The molecule has 0 amide bonds. The number of benzene rings is 1. The standard InChI is InChI=1S/C13H19FN2O2/c14-4-3-11(16-7-5-15-6-8-16)10-1-2-12(17)13(18)9-10/h1-2,9,11,15,17-18H,3-8H2/t11-/m0/s1. The number of nitrogens with one attached hydrogen (secondary N) is 1. The monoisotopic (exact) mass is 254 g/mol. The number of halogens is 1. The van der Waals surface area contributed by atoms with Gasteiger partial charge < -0.3 is 15.5 Å². The zero-order valence-electron chi connectivity index (χ0n) is 10.3. The van der Waals surface area contributed by atoms with Crippen LogP contribution in [0.4, 0.5) is 4.39 Å². The van der Waals surface area contributed by atoms with Crippen molar-refractivity contribution < 1.29 is 14.6 Å². The number of aromatic hydroxyl groups is 2. The van der Waals surface area contributed by atoms with E-state index in [1.807, 2.05) is 0 Å². The number of phenolic OH excluding ortho intramolecular Hbond substituents is 2. The second-order valence-corrected chi connectivity index (χ2v) is 4.53. The van der Waals surface area contributed by atoms with Crippen LogP contribution in [0.15, 0.2) is 18.2 Å². The summed E-state index contributed by atoms with van der Waals surface area (Å²) < 4.78 is 12.7. The van der Waals surface area contributed by atoms with Crippen LogP contribution in [0.1, 0.15) is 18.0 Å². The van der Waals surface area contributed by atoms with Crippen molar-refractivity contribution in [3.63, 3.8) is 0 Å². The van der Waals surface area contributed by atoms with Crippen LogP contribution in [0.25, 0.3) is 0 Å². The summed E-state index contributed by atoms with van der Waals surface area (Å²) in [7, 11) is 0. The summed E-state index contributed by atoms with van der Waals surface area (Å²) in [6.45, 7) is 3.13. The van der Waals surface area contributed by atoms with E-state index in [0.717, 1.165) is 31.7 Å². The van der Waals surface area contributed by atoms with E-state index in [4.69, 9.17) is 0 Å². The van der Waals surface area contributed by atoms with E-state index in [1.165, 1.54) is 12.1 Å². The van der Waals surface area contributed by atoms with Crippen LogP contribution >= 0.6 is 0 Å². The van der Waals surface area contributed by atoms with E-state index >= 15 is 0 Å². The van der Waals surface area contributed by atoms with Crippen LogP contribution in [0.5, 0.6) is 11.5 Å². The van der Waals surface area contributed by atoms with Gasteiger partial charge in [0, 0.05) is 32.2 Å². The van der Waals surface area contributed by atoms with E-state index < -0.39 is 6.67 Å². The first-order chi connectivity index (χ1) is 8.72. The van der Waals surface area contributed by atoms with E-state index in [-0.39, 0.29) is 17.5 Å². The molecule has 2 rings (SSSR count). The molecule has 100 valence electrons. The van der Waals surface area contributed by atoms with Gasteiger partial charge in [0.15, 0.2) is 11.5 Å². The Morgan fingerprint density at radius 2 is 1.94 bits per heavy atom. The normalized spacial score (nSPS) is 18.7. The molecule has 1 aromatic rings. The van der Waals surface area contributed by atoms with Crippen molar-refractivity contribution in [2.45, 2.75) is 12.5 Å². The molecule has 0 bridgehead atoms. The lowest BCUT2D eigenvalue weighted by Crippen LogP contribution is -2.45. The lowest BCUT2D eigenvalue weighted by Gasteiger charge is -2.35. The van der Waals surface area contributed by atoms with Gasteiger partial charge in [-0.25, -0.2) is 0 Å². The van der Waals surface area contributed by atoms with Crippen LogP contribution in [-0.2, 0) is 0 Å². The Morgan fingerprint density at radius 1 is 1.22 bits per heavy atom. The van der Waals surface area contributed by atoms with Crippen molar-refractivity contribution in [1.29, 1.82) is 0 Å². The number of phenols is 2. The molecule has 18 heavy (non-hydrogen) atoms. The molecule has 1 fully saturated rings. The highest BCUT2D eigenvalue weighted by Gasteiger charge is 2.22. The Labute approximate surface area is 106 Å². The Balaban J connectivity index is 2.19. The third-order valence-corrected chi connectivity index (χ3v) is 3.36. The maximum Gasteiger partial charge on any atom is 0.157 e. The second-order valence-electron chi connectivity index (χ2n) is 4.53. The van der Waals surface area contributed by atoms with Crippen molar-refractivity contribution in [2.24, 2.45) is 0 Å². The molecular formula is C13H19FN2O2. The number of alkyl halides is 1. The number of nitrogens with zero attached hydrogens (tertiary/aromatic N) is 1. The summed E-state index contributed by atoms with van der Waals surface area (Å²) in [6, 6.07) is 4.69. The summed E-state index contributed by atoms with van der Waals surface area (Å²) in [6.07, 6.45) is 0.407. The molecule has 1 saturated heterocycles. The van der Waals surface area contributed by atoms with E-state index in [1.54, 1.807) is 6.07 Å². The van der Waals surface area contributed by atoms with Gasteiger partial charge in [-0.3, -0.25) is 9.29 Å². The Morgan fingerprint density at radius 3 is 2.56 bits per heavy atom. The Kier molecular flexibility index (Phi) is 4.38. The SMILES string of the molecule is Oc1ccc([C@H](CCF)N2CCNCC2)cc1O. The van der Waals surface area contributed by atoms with Crippen LogP contribution < -0.4 is 5.32 Å². The Bertz CT molecular complexity index is 395. The lowest BCUT2D eigenvalue weighted by molar-refractivity contribution is 0.157. The first-order valence-electron chi connectivity index (χ1n) is 6.25. The fraction of sp³-hybridized carbons (Fsp3) is 0.538. The van der Waals surface area contributed by atoms with Crippen LogP contribution in [0, 0.1) is 0 Å². The van der Waals surface area contributed by atoms with Crippen molar-refractivity contribution in [3.05, 3.63) is 23.8 Å². The third-order valence-electron chi connectivity index (χ3n) is 3.36. The minimum Gasteiger partial charge on any atom is -0.504 e. The maximum absolute atomic E-state index is 12.7. The Hall–Kier alpha value is -1.33. The minimum absolute atomic E-state index is 0.0383. The quantitative estimate of drug-likeness (QED) is 0.711. The predicted molar refractivity (Wildman–Crippen MR) is 67.5 cm³/mol. The molecule has 1 heterocycles. The van der Waals surface area contributed by atoms with Crippen molar-refractivity contribution in [2.75, 3.05) is 32.9 Å². The van der Waals surface area contributed by atoms with E-state index in [2.05, 4.69) is 10.2 Å². The summed E-state index contributed by atoms with van der Waals surface area (Å²) in [4.78, 5) is 2.21. The van der Waals surface area contributed by atoms with Gasteiger partial charge in [-0.1, -0.05) is 6.07 Å². The molecule has 5 heteroatoms. The van der Waals surface area contributed by atoms with Gasteiger partial charge in [0.05, 0.1) is 6.67 Å². The zero-order chi connectivity index (χ0) is 13.0. The lowest BCUT2D eigenvalue weighted by atomic mass is 10.0. The van der Waals surface area contributed by atoms with Crippen LogP contribution in [0.2, 0.25) is 0 Å². The first kappa shape index (κ1) is 13.1. The molecule has 0 aliphatic carbocycles. The van der Waals surface area contributed by atoms with Gasteiger partial charge in [0.1, 0.15) is 0 Å². The minimum atomic E-state index is -0.393. The van der Waals surface area contributed by atoms with Crippen molar-refractivity contribution in [3.8, 4) is 11.5 Å². The number of piperazine rings is 1. The number of rotatable bonds is 4. The smallest absolute Gasteiger partial charge is 0.157 e. The average molecular weight is 254 g/mol. The summed E-state index contributed by atoms with van der Waals surface area (Å²) in [5.41, 5.74) is 0.852. The molecule has 0 radical (unpaired) electrons. The zero-order valence-corrected chi connectivity index (χ0v) is 10.3. The van der Waals surface area contributed by atoms with Gasteiger partial charge in [-0.15, -0.1) is 0 Å². The number of hydrogen-bond donors (Lipinski definition) is 3. The molecule has 0 spiro atoms. The fourth-order valence-electron chi connectivity index (χ4n) is 2.40. The second kappa shape index (κ2) is 6.02. The fourth-order valence-corrected chi connectivity index (χ4v) is 2.40. The maximum atomic E-state index is 12.7. The molecule has 0 saturated carbocycles.